The minimum absolute atomic E-state index is 0.125. The molecule has 7 heteroatoms. The zero-order chi connectivity index (χ0) is 14.4. The first kappa shape index (κ1) is 15.5. The molecule has 0 saturated heterocycles. The van der Waals surface area contributed by atoms with E-state index in [0.29, 0.717) is 11.5 Å². The van der Waals surface area contributed by atoms with E-state index in [0.717, 1.165) is 13.0 Å². The maximum absolute atomic E-state index is 11.9. The number of nitrogens with one attached hydrogen (secondary N) is 1. The molecule has 0 aromatic carbocycles. The Morgan fingerprint density at radius 2 is 2.00 bits per heavy atom. The van der Waals surface area contributed by atoms with Gasteiger partial charge in [0.2, 0.25) is 0 Å². The SMILES string of the molecule is CN(C)CCCN(C)C(=O)Nc1sccc1C(=O)O. The Hall–Kier alpha value is -1.60. The standard InChI is InChI=1S/C12H19N3O3S/c1-14(2)6-4-7-15(3)12(18)13-10-9(11(16)17)5-8-19-10/h5,8H,4,6-7H2,1-3H3,(H,13,18)(H,16,17). The summed E-state index contributed by atoms with van der Waals surface area (Å²) in [6, 6.07) is 1.19. The van der Waals surface area contributed by atoms with Gasteiger partial charge in [0.1, 0.15) is 5.00 Å². The molecule has 0 bridgehead atoms. The third-order valence-corrected chi connectivity index (χ3v) is 3.39. The fourth-order valence-corrected chi connectivity index (χ4v) is 2.26. The lowest BCUT2D eigenvalue weighted by molar-refractivity contribution is 0.0698. The van der Waals surface area contributed by atoms with Gasteiger partial charge < -0.3 is 14.9 Å². The lowest BCUT2D eigenvalue weighted by atomic mass is 10.3. The summed E-state index contributed by atoms with van der Waals surface area (Å²) < 4.78 is 0. The molecule has 1 heterocycles. The van der Waals surface area contributed by atoms with Crippen LogP contribution in [0.2, 0.25) is 0 Å². The van der Waals surface area contributed by atoms with Crippen LogP contribution in [-0.4, -0.2) is 61.1 Å². The van der Waals surface area contributed by atoms with Gasteiger partial charge in [0, 0.05) is 13.6 Å². The van der Waals surface area contributed by atoms with Crippen LogP contribution in [0.25, 0.3) is 0 Å². The third-order valence-electron chi connectivity index (χ3n) is 2.56. The van der Waals surface area contributed by atoms with Crippen LogP contribution in [0.15, 0.2) is 11.4 Å². The van der Waals surface area contributed by atoms with E-state index in [4.69, 9.17) is 5.11 Å². The van der Waals surface area contributed by atoms with Crippen molar-refractivity contribution in [2.24, 2.45) is 0 Å². The third kappa shape index (κ3) is 4.88. The number of aromatic carboxylic acids is 1. The number of rotatable bonds is 6. The monoisotopic (exact) mass is 285 g/mol. The van der Waals surface area contributed by atoms with Crippen LogP contribution >= 0.6 is 11.3 Å². The summed E-state index contributed by atoms with van der Waals surface area (Å²) in [6.07, 6.45) is 0.868. The van der Waals surface area contributed by atoms with Crippen LogP contribution in [-0.2, 0) is 0 Å². The zero-order valence-corrected chi connectivity index (χ0v) is 12.2. The fourth-order valence-electron chi connectivity index (χ4n) is 1.49. The summed E-state index contributed by atoms with van der Waals surface area (Å²) in [7, 11) is 5.65. The predicted octanol–water partition coefficient (Wildman–Crippen LogP) is 1.86. The fraction of sp³-hybridized carbons (Fsp3) is 0.500. The molecular formula is C12H19N3O3S. The van der Waals surface area contributed by atoms with Crippen molar-refractivity contribution in [1.82, 2.24) is 9.80 Å². The van der Waals surface area contributed by atoms with Gasteiger partial charge in [-0.15, -0.1) is 11.3 Å². The summed E-state index contributed by atoms with van der Waals surface area (Å²) in [5, 5.41) is 13.6. The highest BCUT2D eigenvalue weighted by Crippen LogP contribution is 2.23. The van der Waals surface area contributed by atoms with E-state index in [2.05, 4.69) is 5.32 Å². The second-order valence-corrected chi connectivity index (χ2v) is 5.39. The smallest absolute Gasteiger partial charge is 0.338 e. The van der Waals surface area contributed by atoms with Crippen molar-refractivity contribution in [3.05, 3.63) is 17.0 Å². The van der Waals surface area contributed by atoms with Gasteiger partial charge in [0.05, 0.1) is 5.56 Å². The van der Waals surface area contributed by atoms with Crippen LogP contribution in [0.3, 0.4) is 0 Å². The van der Waals surface area contributed by atoms with Crippen LogP contribution in [0, 0.1) is 0 Å². The van der Waals surface area contributed by atoms with Crippen LogP contribution < -0.4 is 5.32 Å². The van der Waals surface area contributed by atoms with E-state index in [1.54, 1.807) is 17.3 Å². The largest absolute Gasteiger partial charge is 0.478 e. The van der Waals surface area contributed by atoms with E-state index in [-0.39, 0.29) is 11.6 Å². The van der Waals surface area contributed by atoms with Crippen molar-refractivity contribution in [2.75, 3.05) is 39.5 Å². The molecule has 1 aromatic heterocycles. The molecule has 0 unspecified atom stereocenters. The van der Waals surface area contributed by atoms with E-state index in [9.17, 15) is 9.59 Å². The minimum Gasteiger partial charge on any atom is -0.478 e. The lowest BCUT2D eigenvalue weighted by Crippen LogP contribution is -2.33. The molecule has 0 spiro atoms. The highest BCUT2D eigenvalue weighted by atomic mass is 32.1. The summed E-state index contributed by atoms with van der Waals surface area (Å²) in [5.74, 6) is -1.04. The summed E-state index contributed by atoms with van der Waals surface area (Å²) in [4.78, 5) is 26.4. The second kappa shape index (κ2) is 7.10. The number of thiophene rings is 1. The van der Waals surface area contributed by atoms with Crippen molar-refractivity contribution in [2.45, 2.75) is 6.42 Å². The molecule has 0 aliphatic rings. The Bertz CT molecular complexity index is 445. The lowest BCUT2D eigenvalue weighted by Gasteiger charge is -2.18. The van der Waals surface area contributed by atoms with Crippen molar-refractivity contribution in [3.8, 4) is 0 Å². The van der Waals surface area contributed by atoms with E-state index >= 15 is 0 Å². The van der Waals surface area contributed by atoms with Gasteiger partial charge in [-0.2, -0.15) is 0 Å². The number of urea groups is 1. The van der Waals surface area contributed by atoms with Gasteiger partial charge in [0.25, 0.3) is 0 Å². The highest BCUT2D eigenvalue weighted by molar-refractivity contribution is 7.14. The van der Waals surface area contributed by atoms with Crippen LogP contribution in [0.5, 0.6) is 0 Å². The molecule has 0 atom stereocenters. The summed E-state index contributed by atoms with van der Waals surface area (Å²) >= 11 is 1.20. The Kier molecular flexibility index (Phi) is 5.78. The predicted molar refractivity (Wildman–Crippen MR) is 76.1 cm³/mol. The molecule has 0 fully saturated rings. The zero-order valence-electron chi connectivity index (χ0n) is 11.3. The van der Waals surface area contributed by atoms with Crippen LogP contribution in [0.1, 0.15) is 16.8 Å². The summed E-state index contributed by atoms with van der Waals surface area (Å²) in [6.45, 7) is 1.52. The van der Waals surface area contributed by atoms with Crippen LogP contribution in [0.4, 0.5) is 9.80 Å². The Balaban J connectivity index is 2.49. The minimum atomic E-state index is -1.04. The van der Waals surface area contributed by atoms with Gasteiger partial charge >= 0.3 is 12.0 Å². The molecule has 19 heavy (non-hydrogen) atoms. The molecule has 1 aromatic rings. The number of hydrogen-bond acceptors (Lipinski definition) is 4. The first-order valence-electron chi connectivity index (χ1n) is 5.89. The van der Waals surface area contributed by atoms with Crippen molar-refractivity contribution in [1.29, 1.82) is 0 Å². The molecule has 2 amide bonds. The topological polar surface area (TPSA) is 72.9 Å². The number of nitrogens with zero attached hydrogens (tertiary/aromatic N) is 2. The molecule has 2 N–H and O–H groups in total. The molecule has 0 aliphatic heterocycles. The highest BCUT2D eigenvalue weighted by Gasteiger charge is 2.15. The number of carbonyl (C=O) groups is 2. The molecule has 0 saturated carbocycles. The first-order chi connectivity index (χ1) is 8.91. The molecular weight excluding hydrogens is 266 g/mol. The van der Waals surface area contributed by atoms with Crippen molar-refractivity contribution in [3.63, 3.8) is 0 Å². The number of anilines is 1. The maximum atomic E-state index is 11.9. The van der Waals surface area contributed by atoms with Gasteiger partial charge in [-0.1, -0.05) is 0 Å². The molecule has 0 radical (unpaired) electrons. The molecule has 106 valence electrons. The Morgan fingerprint density at radius 1 is 1.32 bits per heavy atom. The van der Waals surface area contributed by atoms with Crippen molar-refractivity contribution >= 4 is 28.3 Å². The number of carbonyl (C=O) groups excluding carboxylic acids is 1. The number of amides is 2. The van der Waals surface area contributed by atoms with Gasteiger partial charge in [-0.3, -0.25) is 5.32 Å². The van der Waals surface area contributed by atoms with Gasteiger partial charge in [0.15, 0.2) is 0 Å². The van der Waals surface area contributed by atoms with Gasteiger partial charge in [-0.05, 0) is 38.5 Å². The Labute approximate surface area is 116 Å². The Morgan fingerprint density at radius 3 is 2.58 bits per heavy atom. The maximum Gasteiger partial charge on any atom is 0.338 e. The normalized spacial score (nSPS) is 10.5. The molecule has 6 nitrogen and oxygen atoms in total. The van der Waals surface area contributed by atoms with E-state index < -0.39 is 5.97 Å². The second-order valence-electron chi connectivity index (χ2n) is 4.48. The number of carboxylic acids is 1. The number of carboxylic acid groups (broad SMARTS) is 1. The number of hydrogen-bond donors (Lipinski definition) is 2. The van der Waals surface area contributed by atoms with E-state index in [1.807, 2.05) is 19.0 Å². The molecule has 0 aliphatic carbocycles. The van der Waals surface area contributed by atoms with Gasteiger partial charge in [-0.25, -0.2) is 9.59 Å². The van der Waals surface area contributed by atoms with Crippen molar-refractivity contribution < 1.29 is 14.7 Å². The average Bonchev–Trinajstić information content (AvgIpc) is 2.76. The first-order valence-corrected chi connectivity index (χ1v) is 6.77. The molecule has 1 rings (SSSR count). The summed E-state index contributed by atoms with van der Waals surface area (Å²) in [5.41, 5.74) is 0.125. The average molecular weight is 285 g/mol. The van der Waals surface area contributed by atoms with E-state index in [1.165, 1.54) is 17.4 Å². The quantitative estimate of drug-likeness (QED) is 0.837.